The molecule has 0 aliphatic carbocycles. The molecule has 2 aromatic rings. The van der Waals surface area contributed by atoms with Gasteiger partial charge in [-0.25, -0.2) is 4.98 Å². The van der Waals surface area contributed by atoms with E-state index in [1.54, 1.807) is 0 Å². The molecule has 0 unspecified atom stereocenters. The van der Waals surface area contributed by atoms with E-state index in [0.717, 1.165) is 35.9 Å². The summed E-state index contributed by atoms with van der Waals surface area (Å²) >= 11 is 0. The predicted molar refractivity (Wildman–Crippen MR) is 109 cm³/mol. The van der Waals surface area contributed by atoms with Gasteiger partial charge in [0.25, 0.3) is 0 Å². The van der Waals surface area contributed by atoms with Gasteiger partial charge in [0.2, 0.25) is 8.32 Å². The lowest BCUT2D eigenvalue weighted by Crippen LogP contribution is -2.43. The summed E-state index contributed by atoms with van der Waals surface area (Å²) in [4.78, 5) is 6.77. The predicted octanol–water partition coefficient (Wildman–Crippen LogP) is 5.20. The molecule has 0 spiro atoms. The zero-order valence-electron chi connectivity index (χ0n) is 16.2. The van der Waals surface area contributed by atoms with Crippen LogP contribution in [-0.4, -0.2) is 26.9 Å². The summed E-state index contributed by atoms with van der Waals surface area (Å²) in [5.74, 6) is 2.05. The number of fused-ring (bicyclic) bond motifs is 1. The lowest BCUT2D eigenvalue weighted by molar-refractivity contribution is 0.492. The highest BCUT2D eigenvalue weighted by molar-refractivity contribution is 6.74. The molecule has 0 saturated heterocycles. The Morgan fingerprint density at radius 1 is 1.12 bits per heavy atom. The molecule has 1 aromatic carbocycles. The van der Waals surface area contributed by atoms with Gasteiger partial charge in [-0.3, -0.25) is 0 Å². The van der Waals surface area contributed by atoms with Crippen LogP contribution in [0.4, 0.5) is 17.2 Å². The second-order valence-corrected chi connectivity index (χ2v) is 13.1. The minimum Gasteiger partial charge on any atom is -0.544 e. The number of hydrogen-bond acceptors (Lipinski definition) is 4. The highest BCUT2D eigenvalue weighted by atomic mass is 28.4. The first kappa shape index (κ1) is 17.8. The number of benzene rings is 1. The smallest absolute Gasteiger partial charge is 0.250 e. The Hall–Kier alpha value is -2.01. The molecule has 0 bridgehead atoms. The largest absolute Gasteiger partial charge is 0.544 e. The van der Waals surface area contributed by atoms with E-state index in [-0.39, 0.29) is 5.04 Å². The van der Waals surface area contributed by atoms with Crippen molar-refractivity contribution in [2.24, 2.45) is 0 Å². The van der Waals surface area contributed by atoms with Gasteiger partial charge in [-0.05, 0) is 60.4 Å². The van der Waals surface area contributed by atoms with Gasteiger partial charge < -0.3 is 14.6 Å². The Bertz CT molecular complexity index is 751. The molecule has 1 aliphatic heterocycles. The number of nitrogens with one attached hydrogen (secondary N) is 1. The Morgan fingerprint density at radius 2 is 1.80 bits per heavy atom. The molecule has 1 N–H and O–H groups in total. The van der Waals surface area contributed by atoms with Crippen molar-refractivity contribution in [3.05, 3.63) is 42.1 Å². The lowest BCUT2D eigenvalue weighted by Gasteiger charge is -2.36. The normalized spacial score (nSPS) is 14.4. The van der Waals surface area contributed by atoms with Gasteiger partial charge in [-0.2, -0.15) is 0 Å². The zero-order chi connectivity index (χ0) is 18.2. The van der Waals surface area contributed by atoms with Gasteiger partial charge in [0.1, 0.15) is 11.6 Å². The number of pyridine rings is 1. The van der Waals surface area contributed by atoms with Crippen molar-refractivity contribution in [1.82, 2.24) is 4.98 Å². The molecule has 25 heavy (non-hydrogen) atoms. The van der Waals surface area contributed by atoms with Gasteiger partial charge in [-0.15, -0.1) is 0 Å². The van der Waals surface area contributed by atoms with Crippen LogP contribution in [0.3, 0.4) is 0 Å². The van der Waals surface area contributed by atoms with Gasteiger partial charge in [0.15, 0.2) is 0 Å². The molecule has 4 nitrogen and oxygen atoms in total. The first-order valence-corrected chi connectivity index (χ1v) is 11.8. The molecule has 0 radical (unpaired) electrons. The van der Waals surface area contributed by atoms with Crippen LogP contribution < -0.4 is 14.6 Å². The maximum absolute atomic E-state index is 6.34. The van der Waals surface area contributed by atoms with Gasteiger partial charge in [0, 0.05) is 19.3 Å². The molecule has 0 amide bonds. The fourth-order valence-corrected chi connectivity index (χ4v) is 3.75. The molecule has 0 fully saturated rings. The molecule has 1 aromatic heterocycles. The second kappa shape index (κ2) is 6.37. The van der Waals surface area contributed by atoms with Crippen molar-refractivity contribution < 1.29 is 4.43 Å². The van der Waals surface area contributed by atoms with Crippen LogP contribution in [0.5, 0.6) is 5.75 Å². The quantitative estimate of drug-likeness (QED) is 0.765. The van der Waals surface area contributed by atoms with Crippen LogP contribution in [0, 0.1) is 0 Å². The summed E-state index contributed by atoms with van der Waals surface area (Å²) in [6.45, 7) is 12.4. The van der Waals surface area contributed by atoms with E-state index in [1.807, 2.05) is 6.20 Å². The highest BCUT2D eigenvalue weighted by Crippen LogP contribution is 2.37. The van der Waals surface area contributed by atoms with E-state index >= 15 is 0 Å². The van der Waals surface area contributed by atoms with Gasteiger partial charge in [0.05, 0.1) is 11.9 Å². The Balaban J connectivity index is 1.69. The van der Waals surface area contributed by atoms with Crippen molar-refractivity contribution in [2.45, 2.75) is 45.3 Å². The molecule has 0 atom stereocenters. The minimum absolute atomic E-state index is 0.202. The standard InChI is InChI=1S/C20H29N3OSi/c1-20(2,3)25(5,6)24-18-9-7-16(8-10-18)22-17-13-15-11-12-23(4)19(15)21-14-17/h7-10,13-14,22H,11-12H2,1-6H3. The van der Waals surface area contributed by atoms with Crippen LogP contribution in [0.15, 0.2) is 36.5 Å². The van der Waals surface area contributed by atoms with Crippen molar-refractivity contribution in [3.63, 3.8) is 0 Å². The molecular weight excluding hydrogens is 326 g/mol. The Kier molecular flexibility index (Phi) is 4.54. The van der Waals surface area contributed by atoms with Crippen molar-refractivity contribution in [3.8, 4) is 5.75 Å². The summed E-state index contributed by atoms with van der Waals surface area (Å²) in [6, 6.07) is 10.4. The summed E-state index contributed by atoms with van der Waals surface area (Å²) < 4.78 is 6.34. The van der Waals surface area contributed by atoms with Crippen molar-refractivity contribution in [1.29, 1.82) is 0 Å². The summed E-state index contributed by atoms with van der Waals surface area (Å²) in [5.41, 5.74) is 3.40. The molecule has 1 aliphatic rings. The molecule has 5 heteroatoms. The molecule has 134 valence electrons. The van der Waals surface area contributed by atoms with Crippen LogP contribution in [0.1, 0.15) is 26.3 Å². The summed E-state index contributed by atoms with van der Waals surface area (Å²) in [6.07, 6.45) is 2.97. The molecular formula is C20H29N3OSi. The van der Waals surface area contributed by atoms with E-state index in [1.165, 1.54) is 5.56 Å². The van der Waals surface area contributed by atoms with E-state index in [0.29, 0.717) is 0 Å². The van der Waals surface area contributed by atoms with Crippen LogP contribution in [0.25, 0.3) is 0 Å². The van der Waals surface area contributed by atoms with Gasteiger partial charge in [-0.1, -0.05) is 20.8 Å². The fraction of sp³-hybridized carbons (Fsp3) is 0.450. The van der Waals surface area contributed by atoms with E-state index < -0.39 is 8.32 Å². The van der Waals surface area contributed by atoms with Crippen LogP contribution in [0.2, 0.25) is 18.1 Å². The maximum atomic E-state index is 6.34. The molecule has 3 rings (SSSR count). The Labute approximate surface area is 152 Å². The fourth-order valence-electron chi connectivity index (χ4n) is 2.71. The topological polar surface area (TPSA) is 37.4 Å². The monoisotopic (exact) mass is 355 g/mol. The Morgan fingerprint density at radius 3 is 2.44 bits per heavy atom. The number of nitrogens with zero attached hydrogens (tertiary/aromatic N) is 2. The first-order chi connectivity index (χ1) is 11.7. The SMILES string of the molecule is CN1CCc2cc(Nc3ccc(O[Si](C)(C)C(C)(C)C)cc3)cnc21. The number of hydrogen-bond donors (Lipinski definition) is 1. The number of likely N-dealkylation sites (N-methyl/N-ethyl adjacent to an activating group) is 1. The first-order valence-electron chi connectivity index (χ1n) is 8.92. The third-order valence-corrected chi connectivity index (χ3v) is 9.70. The highest BCUT2D eigenvalue weighted by Gasteiger charge is 2.38. The van der Waals surface area contributed by atoms with E-state index in [4.69, 9.17) is 4.43 Å². The molecule has 0 saturated carbocycles. The minimum atomic E-state index is -1.79. The van der Waals surface area contributed by atoms with E-state index in [2.05, 4.69) is 86.4 Å². The summed E-state index contributed by atoms with van der Waals surface area (Å²) in [5, 5.41) is 3.65. The van der Waals surface area contributed by atoms with Crippen LogP contribution in [-0.2, 0) is 6.42 Å². The third kappa shape index (κ3) is 3.81. The number of anilines is 3. The second-order valence-electron chi connectivity index (χ2n) is 8.39. The van der Waals surface area contributed by atoms with Crippen molar-refractivity contribution in [2.75, 3.05) is 23.8 Å². The summed E-state index contributed by atoms with van der Waals surface area (Å²) in [7, 11) is 0.300. The molecule has 2 heterocycles. The zero-order valence-corrected chi connectivity index (χ0v) is 17.2. The van der Waals surface area contributed by atoms with Gasteiger partial charge >= 0.3 is 0 Å². The third-order valence-electron chi connectivity index (χ3n) is 5.34. The van der Waals surface area contributed by atoms with Crippen LogP contribution >= 0.6 is 0 Å². The number of rotatable bonds is 4. The maximum Gasteiger partial charge on any atom is 0.250 e. The van der Waals surface area contributed by atoms with Crippen molar-refractivity contribution >= 4 is 25.5 Å². The number of aromatic nitrogens is 1. The van der Waals surface area contributed by atoms with E-state index in [9.17, 15) is 0 Å². The average molecular weight is 356 g/mol. The lowest BCUT2D eigenvalue weighted by atomic mass is 10.2. The average Bonchev–Trinajstić information content (AvgIpc) is 2.89.